The lowest BCUT2D eigenvalue weighted by molar-refractivity contribution is 0.767. The van der Waals surface area contributed by atoms with Crippen molar-refractivity contribution in [2.75, 3.05) is 0 Å². The van der Waals surface area contributed by atoms with Gasteiger partial charge in [0.15, 0.2) is 0 Å². The van der Waals surface area contributed by atoms with Crippen molar-refractivity contribution in [1.29, 1.82) is 0 Å². The van der Waals surface area contributed by atoms with Gasteiger partial charge in [-0.15, -0.1) is 0 Å². The lowest BCUT2D eigenvalue weighted by atomic mass is 10.1. The average molecular weight is 265 g/mol. The predicted octanol–water partition coefficient (Wildman–Crippen LogP) is 0.487. The molecule has 0 fully saturated rings. The van der Waals surface area contributed by atoms with Crippen LogP contribution in [0.2, 0.25) is 0 Å². The highest BCUT2D eigenvalue weighted by atomic mass is 15.2. The number of aryl methyl sites for hydroxylation is 1. The van der Waals surface area contributed by atoms with Gasteiger partial charge in [0, 0.05) is 41.8 Å². The van der Waals surface area contributed by atoms with Crippen LogP contribution in [0.25, 0.3) is 28.9 Å². The number of nitrogens with two attached hydrogens (primary N) is 1. The Balaban J connectivity index is 2.23. The topological polar surface area (TPSA) is 72.5 Å². The van der Waals surface area contributed by atoms with Crippen LogP contribution in [-0.2, 0) is 7.05 Å². The fraction of sp³-hybridized carbons (Fsp3) is 0.0667. The molecule has 0 aliphatic rings. The molecule has 100 valence electrons. The highest BCUT2D eigenvalue weighted by Gasteiger charge is 2.03. The number of nitrogens with one attached hydrogen (secondary N) is 1. The van der Waals surface area contributed by atoms with Crippen molar-refractivity contribution in [3.05, 3.63) is 53.4 Å². The maximum absolute atomic E-state index is 5.68. The fourth-order valence-corrected chi connectivity index (χ4v) is 2.19. The number of H-pyrrole nitrogens is 1. The molecule has 0 atom stereocenters. The standard InChI is InChI=1S/C15H15N5/c1-10(11-8-18-20(2)9-11)6-13-12-4-3-5-17-15(12)19-14(13)7-16/h3-9H,1,16H2,2H3,(H,17,19)/b13-6-,14-7+. The first kappa shape index (κ1) is 12.2. The molecular weight excluding hydrogens is 250 g/mol. The first-order valence-corrected chi connectivity index (χ1v) is 6.23. The molecule has 3 N–H and O–H groups in total. The molecule has 3 aromatic heterocycles. The van der Waals surface area contributed by atoms with Crippen LogP contribution in [0.3, 0.4) is 0 Å². The molecule has 0 bridgehead atoms. The van der Waals surface area contributed by atoms with Gasteiger partial charge >= 0.3 is 0 Å². The van der Waals surface area contributed by atoms with Crippen LogP contribution in [0.1, 0.15) is 5.56 Å². The molecule has 3 aromatic rings. The van der Waals surface area contributed by atoms with E-state index in [0.29, 0.717) is 0 Å². The summed E-state index contributed by atoms with van der Waals surface area (Å²) >= 11 is 0. The minimum Gasteiger partial charge on any atom is -0.403 e. The van der Waals surface area contributed by atoms with Gasteiger partial charge < -0.3 is 10.7 Å². The number of aromatic nitrogens is 4. The Morgan fingerprint density at radius 2 is 2.35 bits per heavy atom. The zero-order valence-corrected chi connectivity index (χ0v) is 11.2. The molecule has 0 spiro atoms. The third kappa shape index (κ3) is 1.99. The number of hydrogen-bond donors (Lipinski definition) is 2. The van der Waals surface area contributed by atoms with Gasteiger partial charge in [0.2, 0.25) is 0 Å². The summed E-state index contributed by atoms with van der Waals surface area (Å²) in [7, 11) is 1.88. The van der Waals surface area contributed by atoms with Crippen LogP contribution in [0.4, 0.5) is 0 Å². The summed E-state index contributed by atoms with van der Waals surface area (Å²) in [5, 5.41) is 7.00. The van der Waals surface area contributed by atoms with Gasteiger partial charge in [0.1, 0.15) is 5.65 Å². The monoisotopic (exact) mass is 265 g/mol. The Kier molecular flexibility index (Phi) is 2.87. The Bertz CT molecular complexity index is 898. The van der Waals surface area contributed by atoms with Crippen LogP contribution in [0, 0.1) is 0 Å². The summed E-state index contributed by atoms with van der Waals surface area (Å²) < 4.78 is 1.75. The molecule has 5 nitrogen and oxygen atoms in total. The minimum atomic E-state index is 0.814. The first-order chi connectivity index (χ1) is 9.69. The molecule has 0 aliphatic heterocycles. The van der Waals surface area contributed by atoms with Gasteiger partial charge in [-0.25, -0.2) is 4.98 Å². The van der Waals surface area contributed by atoms with Gasteiger partial charge in [0.05, 0.1) is 11.5 Å². The van der Waals surface area contributed by atoms with E-state index in [1.807, 2.05) is 31.5 Å². The molecule has 3 heterocycles. The Morgan fingerprint density at radius 1 is 1.50 bits per heavy atom. The zero-order chi connectivity index (χ0) is 14.1. The molecule has 20 heavy (non-hydrogen) atoms. The molecule has 0 aromatic carbocycles. The quantitative estimate of drug-likeness (QED) is 0.708. The lowest BCUT2D eigenvalue weighted by Gasteiger charge is -1.93. The van der Waals surface area contributed by atoms with Crippen molar-refractivity contribution >= 4 is 28.9 Å². The summed E-state index contributed by atoms with van der Waals surface area (Å²) in [5.74, 6) is 0. The summed E-state index contributed by atoms with van der Waals surface area (Å²) in [6.07, 6.45) is 9.01. The maximum atomic E-state index is 5.68. The third-order valence-electron chi connectivity index (χ3n) is 3.20. The molecule has 0 saturated heterocycles. The second-order valence-electron chi connectivity index (χ2n) is 4.59. The summed E-state index contributed by atoms with van der Waals surface area (Å²) in [6.45, 7) is 4.10. The molecule has 0 radical (unpaired) electrons. The van der Waals surface area contributed by atoms with Crippen molar-refractivity contribution in [3.8, 4) is 0 Å². The number of aromatic amines is 1. The van der Waals surface area contributed by atoms with E-state index < -0.39 is 0 Å². The van der Waals surface area contributed by atoms with Gasteiger partial charge in [-0.2, -0.15) is 5.10 Å². The summed E-state index contributed by atoms with van der Waals surface area (Å²) in [6, 6.07) is 3.91. The SMILES string of the molecule is C=C(/C=c1\c(=C/N)[nH]c2ncccc12)c1cnn(C)c1. The fourth-order valence-electron chi connectivity index (χ4n) is 2.19. The van der Waals surface area contributed by atoms with Gasteiger partial charge in [-0.1, -0.05) is 6.58 Å². The van der Waals surface area contributed by atoms with E-state index in [4.69, 9.17) is 5.73 Å². The van der Waals surface area contributed by atoms with E-state index in [1.165, 1.54) is 0 Å². The Morgan fingerprint density at radius 3 is 3.05 bits per heavy atom. The van der Waals surface area contributed by atoms with E-state index in [1.54, 1.807) is 23.3 Å². The van der Waals surface area contributed by atoms with Gasteiger partial charge in [-0.05, 0) is 23.8 Å². The Hall–Kier alpha value is -2.82. The second kappa shape index (κ2) is 4.70. The number of fused-ring (bicyclic) bond motifs is 1. The number of nitrogens with zero attached hydrogens (tertiary/aromatic N) is 3. The molecule has 5 heteroatoms. The van der Waals surface area contributed by atoms with E-state index in [0.717, 1.165) is 32.7 Å². The third-order valence-corrected chi connectivity index (χ3v) is 3.20. The molecule has 0 amide bonds. The summed E-state index contributed by atoms with van der Waals surface area (Å²) in [4.78, 5) is 7.49. The van der Waals surface area contributed by atoms with Crippen molar-refractivity contribution in [1.82, 2.24) is 19.7 Å². The highest BCUT2D eigenvalue weighted by molar-refractivity contribution is 5.90. The lowest BCUT2D eigenvalue weighted by Crippen LogP contribution is -2.24. The average Bonchev–Trinajstić information content (AvgIpc) is 3.03. The number of rotatable bonds is 2. The molecular formula is C15H15N5. The largest absolute Gasteiger partial charge is 0.403 e. The van der Waals surface area contributed by atoms with Crippen LogP contribution < -0.4 is 16.3 Å². The van der Waals surface area contributed by atoms with Crippen molar-refractivity contribution in [3.63, 3.8) is 0 Å². The number of pyridine rings is 1. The van der Waals surface area contributed by atoms with E-state index >= 15 is 0 Å². The number of allylic oxidation sites excluding steroid dienone is 1. The van der Waals surface area contributed by atoms with E-state index in [2.05, 4.69) is 21.6 Å². The molecule has 0 aliphatic carbocycles. The molecule has 0 saturated carbocycles. The number of hydrogen-bond acceptors (Lipinski definition) is 3. The van der Waals surface area contributed by atoms with Crippen LogP contribution >= 0.6 is 0 Å². The van der Waals surface area contributed by atoms with Crippen molar-refractivity contribution < 1.29 is 0 Å². The smallest absolute Gasteiger partial charge is 0.138 e. The minimum absolute atomic E-state index is 0.814. The maximum Gasteiger partial charge on any atom is 0.138 e. The van der Waals surface area contributed by atoms with Crippen molar-refractivity contribution in [2.45, 2.75) is 0 Å². The van der Waals surface area contributed by atoms with Crippen molar-refractivity contribution in [2.24, 2.45) is 12.8 Å². The molecule has 0 unspecified atom stereocenters. The summed E-state index contributed by atoms with van der Waals surface area (Å²) in [5.41, 5.74) is 8.36. The van der Waals surface area contributed by atoms with E-state index in [-0.39, 0.29) is 0 Å². The normalized spacial score (nSPS) is 13.2. The van der Waals surface area contributed by atoms with Crippen LogP contribution in [0.5, 0.6) is 0 Å². The Labute approximate surface area is 115 Å². The zero-order valence-electron chi connectivity index (χ0n) is 11.2. The van der Waals surface area contributed by atoms with Crippen LogP contribution in [-0.4, -0.2) is 19.7 Å². The van der Waals surface area contributed by atoms with Gasteiger partial charge in [0.25, 0.3) is 0 Å². The van der Waals surface area contributed by atoms with E-state index in [9.17, 15) is 0 Å². The second-order valence-corrected chi connectivity index (χ2v) is 4.59. The molecule has 3 rings (SSSR count). The van der Waals surface area contributed by atoms with Gasteiger partial charge in [-0.3, -0.25) is 4.68 Å². The highest BCUT2D eigenvalue weighted by Crippen LogP contribution is 2.12. The van der Waals surface area contributed by atoms with Crippen LogP contribution in [0.15, 0.2) is 37.3 Å². The predicted molar refractivity (Wildman–Crippen MR) is 80.7 cm³/mol. The first-order valence-electron chi connectivity index (χ1n) is 6.23.